The van der Waals surface area contributed by atoms with E-state index in [1.807, 2.05) is 37.3 Å². The highest BCUT2D eigenvalue weighted by Gasteiger charge is 2.21. The number of allylic oxidation sites excluding steroid dienone is 1. The summed E-state index contributed by atoms with van der Waals surface area (Å²) in [5.74, 6) is 0.823. The Morgan fingerprint density at radius 3 is 2.43 bits per heavy atom. The molecule has 3 rings (SSSR count). The highest BCUT2D eigenvalue weighted by atomic mass is 32.2. The fourth-order valence-electron chi connectivity index (χ4n) is 2.96. The average molecular weight is 420 g/mol. The number of nitriles is 1. The van der Waals surface area contributed by atoms with E-state index in [0.29, 0.717) is 17.1 Å². The molecule has 6 heteroatoms. The van der Waals surface area contributed by atoms with Crippen molar-refractivity contribution in [2.45, 2.75) is 18.4 Å². The van der Waals surface area contributed by atoms with Crippen LogP contribution in [-0.4, -0.2) is 15.5 Å². The minimum absolute atomic E-state index is 0.0583. The number of hydrogen-bond donors (Lipinski definition) is 0. The first-order valence-electron chi connectivity index (χ1n) is 9.23. The summed E-state index contributed by atoms with van der Waals surface area (Å²) in [6.07, 6.45) is 1.32. The van der Waals surface area contributed by atoms with Crippen molar-refractivity contribution in [3.05, 3.63) is 94.4 Å². The number of methoxy groups -OCH3 is 1. The smallest absolute Gasteiger partial charge is 0.216 e. The molecule has 5 nitrogen and oxygen atoms in total. The molecule has 0 saturated heterocycles. The summed E-state index contributed by atoms with van der Waals surface area (Å²) in [6, 6.07) is 22.7. The van der Waals surface area contributed by atoms with Crippen molar-refractivity contribution in [3.63, 3.8) is 0 Å². The zero-order valence-electron chi connectivity index (χ0n) is 16.7. The van der Waals surface area contributed by atoms with Gasteiger partial charge in [0.2, 0.25) is 9.84 Å². The van der Waals surface area contributed by atoms with Crippen LogP contribution in [0.4, 0.5) is 0 Å². The third-order valence-corrected chi connectivity index (χ3v) is 6.12. The maximum Gasteiger partial charge on any atom is 0.216 e. The van der Waals surface area contributed by atoms with Crippen molar-refractivity contribution in [2.75, 3.05) is 7.11 Å². The van der Waals surface area contributed by atoms with Crippen LogP contribution in [-0.2, 0) is 16.4 Å². The normalized spacial score (nSPS) is 11.6. The monoisotopic (exact) mass is 419 g/mol. The zero-order valence-corrected chi connectivity index (χ0v) is 17.5. The Kier molecular flexibility index (Phi) is 6.55. The largest absolute Gasteiger partial charge is 0.493 e. The topological polar surface area (TPSA) is 76.4 Å². The maximum absolute atomic E-state index is 12.9. The highest BCUT2D eigenvalue weighted by molar-refractivity contribution is 7.95. The van der Waals surface area contributed by atoms with Gasteiger partial charge in [-0.25, -0.2) is 8.42 Å². The lowest BCUT2D eigenvalue weighted by atomic mass is 10.1. The van der Waals surface area contributed by atoms with Crippen LogP contribution in [0.1, 0.15) is 16.7 Å². The van der Waals surface area contributed by atoms with Gasteiger partial charge >= 0.3 is 0 Å². The van der Waals surface area contributed by atoms with Crippen molar-refractivity contribution in [2.24, 2.45) is 0 Å². The summed E-state index contributed by atoms with van der Waals surface area (Å²) in [7, 11) is -2.45. The molecule has 152 valence electrons. The molecule has 30 heavy (non-hydrogen) atoms. The van der Waals surface area contributed by atoms with Crippen molar-refractivity contribution in [1.29, 1.82) is 5.26 Å². The fraction of sp³-hybridized carbons (Fsp3) is 0.125. The molecule has 3 aromatic rings. The number of sulfone groups is 1. The summed E-state index contributed by atoms with van der Waals surface area (Å²) in [6.45, 7) is 2.27. The van der Waals surface area contributed by atoms with Crippen LogP contribution in [0, 0.1) is 18.3 Å². The van der Waals surface area contributed by atoms with Crippen molar-refractivity contribution >= 4 is 15.9 Å². The van der Waals surface area contributed by atoms with E-state index in [4.69, 9.17) is 9.47 Å². The van der Waals surface area contributed by atoms with E-state index in [0.717, 1.165) is 11.1 Å². The van der Waals surface area contributed by atoms with Gasteiger partial charge < -0.3 is 9.47 Å². The molecular weight excluding hydrogens is 398 g/mol. The highest BCUT2D eigenvalue weighted by Crippen LogP contribution is 2.34. The van der Waals surface area contributed by atoms with Crippen molar-refractivity contribution in [1.82, 2.24) is 0 Å². The summed E-state index contributed by atoms with van der Waals surface area (Å²) in [4.78, 5) is -0.315. The molecule has 0 radical (unpaired) electrons. The number of benzene rings is 3. The first-order chi connectivity index (χ1) is 14.5. The second-order valence-electron chi connectivity index (χ2n) is 6.59. The predicted octanol–water partition coefficient (Wildman–Crippen LogP) is 4.92. The van der Waals surface area contributed by atoms with Gasteiger partial charge in [0.1, 0.15) is 17.6 Å². The molecule has 0 atom stereocenters. The Balaban J connectivity index is 2.01. The van der Waals surface area contributed by atoms with Gasteiger partial charge in [-0.05, 0) is 36.8 Å². The molecule has 0 amide bonds. The van der Waals surface area contributed by atoms with E-state index in [1.54, 1.807) is 36.4 Å². The van der Waals surface area contributed by atoms with Gasteiger partial charge in [0.25, 0.3) is 0 Å². The number of rotatable bonds is 7. The SMILES string of the molecule is COc1cccc(/C=C(/C#N)S(=O)(=O)c2ccccc2)c1OCc1cccc(C)c1. The number of para-hydroxylation sites is 1. The van der Waals surface area contributed by atoms with Crippen LogP contribution in [0.15, 0.2) is 82.6 Å². The van der Waals surface area contributed by atoms with Crippen LogP contribution in [0.3, 0.4) is 0 Å². The van der Waals surface area contributed by atoms with E-state index in [1.165, 1.54) is 25.3 Å². The van der Waals surface area contributed by atoms with Crippen LogP contribution in [0.5, 0.6) is 11.5 Å². The van der Waals surface area contributed by atoms with Gasteiger partial charge in [0, 0.05) is 5.56 Å². The standard InChI is InChI=1S/C24H21NO4S/c1-18-8-6-9-19(14-18)17-29-24-20(10-7-13-23(24)28-2)15-22(16-25)30(26,27)21-11-4-3-5-12-21/h3-15H,17H2,1-2H3/b22-15-. The van der Waals surface area contributed by atoms with Gasteiger partial charge in [-0.3, -0.25) is 0 Å². The number of ether oxygens (including phenoxy) is 2. The Morgan fingerprint density at radius 2 is 1.77 bits per heavy atom. The number of hydrogen-bond acceptors (Lipinski definition) is 5. The second kappa shape index (κ2) is 9.29. The minimum atomic E-state index is -3.95. The molecule has 0 fully saturated rings. The van der Waals surface area contributed by atoms with Gasteiger partial charge in [-0.2, -0.15) is 5.26 Å². The maximum atomic E-state index is 12.9. The Morgan fingerprint density at radius 1 is 1.03 bits per heavy atom. The molecule has 0 N–H and O–H groups in total. The molecule has 0 bridgehead atoms. The van der Waals surface area contributed by atoms with Crippen LogP contribution in [0.25, 0.3) is 6.08 Å². The second-order valence-corrected chi connectivity index (χ2v) is 8.51. The van der Waals surface area contributed by atoms with E-state index in [9.17, 15) is 13.7 Å². The zero-order chi connectivity index (χ0) is 21.6. The first kappa shape index (κ1) is 21.2. The molecule has 0 heterocycles. The quantitative estimate of drug-likeness (QED) is 0.508. The molecule has 0 aliphatic heterocycles. The van der Waals surface area contributed by atoms with E-state index < -0.39 is 9.84 Å². The number of nitrogens with zero attached hydrogens (tertiary/aromatic N) is 1. The Hall–Kier alpha value is -3.56. The molecule has 0 spiro atoms. The van der Waals surface area contributed by atoms with Crippen LogP contribution >= 0.6 is 0 Å². The average Bonchev–Trinajstić information content (AvgIpc) is 2.76. The lowest BCUT2D eigenvalue weighted by Gasteiger charge is -2.14. The lowest BCUT2D eigenvalue weighted by molar-refractivity contribution is 0.284. The lowest BCUT2D eigenvalue weighted by Crippen LogP contribution is -2.04. The summed E-state index contributed by atoms with van der Waals surface area (Å²) >= 11 is 0. The molecule has 0 unspecified atom stereocenters. The number of aryl methyl sites for hydroxylation is 1. The van der Waals surface area contributed by atoms with Gasteiger partial charge in [0.15, 0.2) is 11.5 Å². The molecular formula is C24H21NO4S. The molecule has 0 aliphatic rings. The fourth-order valence-corrected chi connectivity index (χ4v) is 4.13. The van der Waals surface area contributed by atoms with Crippen LogP contribution < -0.4 is 9.47 Å². The molecule has 3 aromatic carbocycles. The van der Waals surface area contributed by atoms with Crippen molar-refractivity contribution in [3.8, 4) is 17.6 Å². The predicted molar refractivity (Wildman–Crippen MR) is 116 cm³/mol. The molecule has 0 aromatic heterocycles. The Bertz CT molecular complexity index is 1210. The summed E-state index contributed by atoms with van der Waals surface area (Å²) in [5.41, 5.74) is 2.52. The van der Waals surface area contributed by atoms with Crippen LogP contribution in [0.2, 0.25) is 0 Å². The van der Waals surface area contributed by atoms with E-state index in [2.05, 4.69) is 0 Å². The van der Waals surface area contributed by atoms with Gasteiger partial charge in [-0.1, -0.05) is 60.2 Å². The first-order valence-corrected chi connectivity index (χ1v) is 10.7. The summed E-state index contributed by atoms with van der Waals surface area (Å²) in [5, 5.41) is 9.57. The molecule has 0 aliphatic carbocycles. The summed E-state index contributed by atoms with van der Waals surface area (Å²) < 4.78 is 37.2. The van der Waals surface area contributed by atoms with Crippen molar-refractivity contribution < 1.29 is 17.9 Å². The van der Waals surface area contributed by atoms with Gasteiger partial charge in [-0.15, -0.1) is 0 Å². The van der Waals surface area contributed by atoms with Gasteiger partial charge in [0.05, 0.1) is 12.0 Å². The minimum Gasteiger partial charge on any atom is -0.493 e. The Labute approximate surface area is 176 Å². The van der Waals surface area contributed by atoms with E-state index >= 15 is 0 Å². The molecule has 0 saturated carbocycles. The third kappa shape index (κ3) is 4.70. The van der Waals surface area contributed by atoms with E-state index in [-0.39, 0.29) is 16.4 Å². The third-order valence-electron chi connectivity index (χ3n) is 4.43.